The van der Waals surface area contributed by atoms with Crippen LogP contribution in [0.15, 0.2) is 40.5 Å². The zero-order valence-electron chi connectivity index (χ0n) is 14.6. The van der Waals surface area contributed by atoms with E-state index in [1.54, 1.807) is 30.4 Å². The minimum Gasteiger partial charge on any atom is -0.368 e. The van der Waals surface area contributed by atoms with Crippen molar-refractivity contribution in [3.05, 3.63) is 46.6 Å². The number of rotatable bonds is 5. The molecule has 3 aromatic rings. The summed E-state index contributed by atoms with van der Waals surface area (Å²) in [7, 11) is 0. The van der Waals surface area contributed by atoms with Gasteiger partial charge in [-0.25, -0.2) is 9.97 Å². The van der Waals surface area contributed by atoms with E-state index in [2.05, 4.69) is 29.1 Å². The molecule has 0 aliphatic carbocycles. The van der Waals surface area contributed by atoms with Crippen molar-refractivity contribution in [2.45, 2.75) is 36.7 Å². The number of nitrogens with two attached hydrogens (primary N) is 1. The lowest BCUT2D eigenvalue weighted by Gasteiger charge is -2.13. The van der Waals surface area contributed by atoms with Crippen LogP contribution in [0.5, 0.6) is 0 Å². The van der Waals surface area contributed by atoms with E-state index in [-0.39, 0.29) is 5.91 Å². The van der Waals surface area contributed by atoms with Gasteiger partial charge in [0.1, 0.15) is 22.2 Å². The summed E-state index contributed by atoms with van der Waals surface area (Å²) in [5, 5.41) is 4.44. The number of aryl methyl sites for hydroxylation is 2. The number of aromatic nitrogens is 2. The van der Waals surface area contributed by atoms with E-state index in [0.29, 0.717) is 5.56 Å². The van der Waals surface area contributed by atoms with Crippen molar-refractivity contribution >= 4 is 45.1 Å². The molecule has 2 amide bonds. The average molecular weight is 387 g/mol. The lowest BCUT2D eigenvalue weighted by atomic mass is 10.2. The van der Waals surface area contributed by atoms with Gasteiger partial charge in [0.2, 0.25) is 5.91 Å². The monoisotopic (exact) mass is 386 g/mol. The number of carbonyl (C=O) groups is 2. The molecule has 0 fully saturated rings. The maximum atomic E-state index is 12.5. The molecule has 1 aromatic carbocycles. The molecule has 26 heavy (non-hydrogen) atoms. The first-order valence-electron chi connectivity index (χ1n) is 7.96. The minimum atomic E-state index is -0.743. The normalized spacial score (nSPS) is 12.1. The minimum absolute atomic E-state index is 0.345. The van der Waals surface area contributed by atoms with Gasteiger partial charge in [-0.1, -0.05) is 23.9 Å². The predicted octanol–water partition coefficient (Wildman–Crippen LogP) is 3.06. The Morgan fingerprint density at radius 2 is 1.96 bits per heavy atom. The molecule has 0 saturated carbocycles. The Kier molecular flexibility index (Phi) is 5.24. The van der Waals surface area contributed by atoms with E-state index < -0.39 is 11.9 Å². The topological polar surface area (TPSA) is 98.0 Å². The third kappa shape index (κ3) is 3.56. The van der Waals surface area contributed by atoms with Crippen molar-refractivity contribution in [2.75, 3.05) is 0 Å². The van der Waals surface area contributed by atoms with Crippen LogP contribution >= 0.6 is 23.1 Å². The second-order valence-electron chi connectivity index (χ2n) is 5.84. The average Bonchev–Trinajstić information content (AvgIpc) is 2.90. The highest BCUT2D eigenvalue weighted by Gasteiger charge is 2.19. The van der Waals surface area contributed by atoms with Crippen molar-refractivity contribution in [3.8, 4) is 0 Å². The number of fused-ring (bicyclic) bond motifs is 1. The second kappa shape index (κ2) is 7.43. The third-order valence-electron chi connectivity index (χ3n) is 4.04. The Labute approximate surface area is 159 Å². The Balaban J connectivity index is 1.97. The summed E-state index contributed by atoms with van der Waals surface area (Å²) in [6, 6.07) is 6.48. The van der Waals surface area contributed by atoms with E-state index in [0.717, 1.165) is 25.7 Å². The lowest BCUT2D eigenvalue weighted by molar-refractivity contribution is -0.119. The van der Waals surface area contributed by atoms with Gasteiger partial charge in [-0.2, -0.15) is 0 Å². The summed E-state index contributed by atoms with van der Waals surface area (Å²) in [5.41, 5.74) is 6.85. The number of carbonyl (C=O) groups excluding carboxylic acids is 2. The highest BCUT2D eigenvalue weighted by Crippen LogP contribution is 2.38. The Morgan fingerprint density at radius 3 is 2.69 bits per heavy atom. The Hall–Kier alpha value is -2.45. The summed E-state index contributed by atoms with van der Waals surface area (Å²) in [5.74, 6) is -0.923. The molecule has 0 aliphatic heterocycles. The number of benzene rings is 1. The first kappa shape index (κ1) is 18.3. The summed E-state index contributed by atoms with van der Waals surface area (Å²) in [6.07, 6.45) is 1.54. The molecule has 0 unspecified atom stereocenters. The zero-order valence-corrected chi connectivity index (χ0v) is 16.2. The number of amides is 2. The van der Waals surface area contributed by atoms with Crippen molar-refractivity contribution in [2.24, 2.45) is 5.73 Å². The summed E-state index contributed by atoms with van der Waals surface area (Å²) >= 11 is 3.04. The van der Waals surface area contributed by atoms with Gasteiger partial charge < -0.3 is 11.1 Å². The molecule has 0 bridgehead atoms. The smallest absolute Gasteiger partial charge is 0.253 e. The quantitative estimate of drug-likeness (QED) is 0.657. The maximum Gasteiger partial charge on any atom is 0.253 e. The second-order valence-corrected chi connectivity index (χ2v) is 8.07. The van der Waals surface area contributed by atoms with Crippen LogP contribution in [0.25, 0.3) is 10.2 Å². The van der Waals surface area contributed by atoms with E-state index in [1.165, 1.54) is 23.0 Å². The van der Waals surface area contributed by atoms with E-state index in [1.807, 2.05) is 12.1 Å². The van der Waals surface area contributed by atoms with Gasteiger partial charge in [-0.05, 0) is 38.5 Å². The van der Waals surface area contributed by atoms with Crippen LogP contribution in [0.2, 0.25) is 0 Å². The van der Waals surface area contributed by atoms with E-state index in [4.69, 9.17) is 5.73 Å². The third-order valence-corrected chi connectivity index (χ3v) is 6.24. The van der Waals surface area contributed by atoms with Crippen LogP contribution in [0.4, 0.5) is 0 Å². The first-order valence-corrected chi connectivity index (χ1v) is 9.59. The first-order chi connectivity index (χ1) is 12.4. The highest BCUT2D eigenvalue weighted by atomic mass is 32.2. The highest BCUT2D eigenvalue weighted by molar-refractivity contribution is 7.99. The van der Waals surface area contributed by atoms with Gasteiger partial charge in [0.25, 0.3) is 5.91 Å². The van der Waals surface area contributed by atoms with Crippen LogP contribution in [0, 0.1) is 13.8 Å². The van der Waals surface area contributed by atoms with Crippen LogP contribution < -0.4 is 11.1 Å². The molecule has 0 spiro atoms. The molecule has 0 radical (unpaired) electrons. The molecule has 3 rings (SSSR count). The maximum absolute atomic E-state index is 12.5. The standard InChI is InChI=1S/C18H18N4O2S2/c1-9-11(3)25-17-14(9)18(21-8-20-17)26-13-7-5-4-6-12(13)16(24)22-10(2)15(19)23/h4-8,10H,1-3H3,(H2,19,23)(H,22,24)/t10-/m0/s1. The number of nitrogens with zero attached hydrogens (tertiary/aromatic N) is 2. The molecule has 6 nitrogen and oxygen atoms in total. The molecule has 2 aromatic heterocycles. The van der Waals surface area contributed by atoms with Gasteiger partial charge in [-0.3, -0.25) is 9.59 Å². The number of hydrogen-bond acceptors (Lipinski definition) is 6. The zero-order chi connectivity index (χ0) is 18.8. The molecule has 3 N–H and O–H groups in total. The number of hydrogen-bond donors (Lipinski definition) is 2. The van der Waals surface area contributed by atoms with Gasteiger partial charge in [0.05, 0.1) is 5.56 Å². The largest absolute Gasteiger partial charge is 0.368 e. The Morgan fingerprint density at radius 1 is 1.23 bits per heavy atom. The number of nitrogens with one attached hydrogen (secondary N) is 1. The van der Waals surface area contributed by atoms with Crippen molar-refractivity contribution < 1.29 is 9.59 Å². The SMILES string of the molecule is Cc1sc2ncnc(Sc3ccccc3C(=O)N[C@@H](C)C(N)=O)c2c1C. The fourth-order valence-electron chi connectivity index (χ4n) is 2.42. The van der Waals surface area contributed by atoms with E-state index in [9.17, 15) is 9.59 Å². The summed E-state index contributed by atoms with van der Waals surface area (Å²) in [4.78, 5) is 35.4. The van der Waals surface area contributed by atoms with Gasteiger partial charge in [0, 0.05) is 15.2 Å². The lowest BCUT2D eigenvalue weighted by Crippen LogP contribution is -2.42. The molecular formula is C18H18N4O2S2. The predicted molar refractivity (Wildman–Crippen MR) is 104 cm³/mol. The van der Waals surface area contributed by atoms with E-state index >= 15 is 0 Å². The van der Waals surface area contributed by atoms with Gasteiger partial charge >= 0.3 is 0 Å². The molecule has 0 saturated heterocycles. The van der Waals surface area contributed by atoms with Gasteiger partial charge in [0.15, 0.2) is 0 Å². The van der Waals surface area contributed by atoms with Gasteiger partial charge in [-0.15, -0.1) is 11.3 Å². The van der Waals surface area contributed by atoms with Crippen molar-refractivity contribution in [1.29, 1.82) is 0 Å². The molecule has 134 valence electrons. The number of primary amides is 1. The molecule has 8 heteroatoms. The molecular weight excluding hydrogens is 368 g/mol. The fourth-order valence-corrected chi connectivity index (χ4v) is 4.56. The molecule has 0 aliphatic rings. The van der Waals surface area contributed by atoms with Crippen LogP contribution in [0.3, 0.4) is 0 Å². The summed E-state index contributed by atoms with van der Waals surface area (Å²) < 4.78 is 0. The van der Waals surface area contributed by atoms with Crippen molar-refractivity contribution in [1.82, 2.24) is 15.3 Å². The molecule has 2 heterocycles. The Bertz CT molecular complexity index is 1000. The molecule has 1 atom stereocenters. The number of thiophene rings is 1. The van der Waals surface area contributed by atoms with Crippen LogP contribution in [0.1, 0.15) is 27.7 Å². The van der Waals surface area contributed by atoms with Crippen LogP contribution in [-0.2, 0) is 4.79 Å². The summed E-state index contributed by atoms with van der Waals surface area (Å²) in [6.45, 7) is 5.67. The fraction of sp³-hybridized carbons (Fsp3) is 0.222. The van der Waals surface area contributed by atoms with Crippen molar-refractivity contribution in [3.63, 3.8) is 0 Å². The van der Waals surface area contributed by atoms with Crippen LogP contribution in [-0.4, -0.2) is 27.8 Å².